The van der Waals surface area contributed by atoms with Gasteiger partial charge >= 0.3 is 6.09 Å². The maximum absolute atomic E-state index is 11.2. The Bertz CT molecular complexity index is 312. The second-order valence-corrected chi connectivity index (χ2v) is 4.19. The molecule has 0 aliphatic heterocycles. The minimum atomic E-state index is -0.473. The summed E-state index contributed by atoms with van der Waals surface area (Å²) in [5.41, 5.74) is 5.60. The van der Waals surface area contributed by atoms with Crippen LogP contribution in [0.4, 0.5) is 4.79 Å². The molecule has 5 nitrogen and oxygen atoms in total. The summed E-state index contributed by atoms with van der Waals surface area (Å²) in [6, 6.07) is 0. The van der Waals surface area contributed by atoms with Crippen molar-refractivity contribution in [1.82, 2.24) is 5.32 Å². The molecular weight excluding hydrogens is 256 g/mol. The van der Waals surface area contributed by atoms with Gasteiger partial charge in [-0.25, -0.2) is 4.79 Å². The van der Waals surface area contributed by atoms with Crippen molar-refractivity contribution in [2.24, 2.45) is 5.73 Å². The van der Waals surface area contributed by atoms with Crippen LogP contribution in [-0.2, 0) is 9.53 Å². The normalized spacial score (nSPS) is 9.60. The van der Waals surface area contributed by atoms with Crippen molar-refractivity contribution in [3.63, 3.8) is 0 Å². The second kappa shape index (κ2) is 15.4. The summed E-state index contributed by atoms with van der Waals surface area (Å²) >= 11 is 0. The number of Topliss-reactive ketones (excluding diaryl/α,β-unsaturated/α-hetero) is 1. The monoisotopic (exact) mass is 284 g/mol. The number of alkyl carbamates (subject to hydrolysis) is 1. The maximum Gasteiger partial charge on any atom is 0.407 e. The molecule has 116 valence electrons. The molecule has 0 saturated heterocycles. The molecule has 0 atom stereocenters. The van der Waals surface area contributed by atoms with E-state index in [-0.39, 0.29) is 12.4 Å². The van der Waals surface area contributed by atoms with E-state index >= 15 is 0 Å². The van der Waals surface area contributed by atoms with Crippen molar-refractivity contribution in [2.75, 3.05) is 19.7 Å². The number of carbonyl (C=O) groups excluding carboxylic acids is 2. The Labute approximate surface area is 122 Å². The zero-order valence-corrected chi connectivity index (χ0v) is 12.9. The maximum atomic E-state index is 11.2. The third-order valence-electron chi connectivity index (χ3n) is 1.95. The number of rotatable bonds is 8. The van der Waals surface area contributed by atoms with Crippen molar-refractivity contribution in [1.29, 1.82) is 0 Å². The van der Waals surface area contributed by atoms with Crippen LogP contribution < -0.4 is 11.1 Å². The van der Waals surface area contributed by atoms with Crippen LogP contribution in [0.2, 0.25) is 0 Å². The van der Waals surface area contributed by atoms with E-state index in [9.17, 15) is 9.59 Å². The summed E-state index contributed by atoms with van der Waals surface area (Å²) in [5, 5.41) is 2.57. The highest BCUT2D eigenvalue weighted by Gasteiger charge is 2.01. The Morgan fingerprint density at radius 3 is 2.45 bits per heavy atom. The van der Waals surface area contributed by atoms with Crippen molar-refractivity contribution >= 4 is 11.9 Å². The Morgan fingerprint density at radius 2 is 1.95 bits per heavy atom. The number of ketones is 1. The van der Waals surface area contributed by atoms with Crippen LogP contribution in [0.15, 0.2) is 24.3 Å². The Kier molecular flexibility index (Phi) is 16.0. The van der Waals surface area contributed by atoms with Gasteiger partial charge in [0.05, 0.1) is 0 Å². The van der Waals surface area contributed by atoms with Gasteiger partial charge in [0.25, 0.3) is 0 Å². The first-order valence-electron chi connectivity index (χ1n) is 6.92. The lowest BCUT2D eigenvalue weighted by atomic mass is 10.2. The highest BCUT2D eigenvalue weighted by Crippen LogP contribution is 1.96. The zero-order valence-electron chi connectivity index (χ0n) is 12.9. The van der Waals surface area contributed by atoms with Crippen LogP contribution in [0, 0.1) is 0 Å². The van der Waals surface area contributed by atoms with E-state index < -0.39 is 6.09 Å². The summed E-state index contributed by atoms with van der Waals surface area (Å²) in [7, 11) is 0. The van der Waals surface area contributed by atoms with E-state index in [0.717, 1.165) is 18.5 Å². The van der Waals surface area contributed by atoms with Gasteiger partial charge in [-0.05, 0) is 31.9 Å². The molecule has 0 spiro atoms. The summed E-state index contributed by atoms with van der Waals surface area (Å²) in [6.07, 6.45) is 5.36. The van der Waals surface area contributed by atoms with Gasteiger partial charge in [0, 0.05) is 13.0 Å². The molecular formula is C15H28N2O3. The van der Waals surface area contributed by atoms with Gasteiger partial charge in [0.2, 0.25) is 0 Å². The minimum absolute atomic E-state index is 0.123. The zero-order chi connectivity index (χ0) is 15.8. The predicted molar refractivity (Wildman–Crippen MR) is 82.6 cm³/mol. The molecule has 5 heteroatoms. The number of ether oxygens (including phenoxy) is 1. The van der Waals surface area contributed by atoms with Gasteiger partial charge in [-0.3, -0.25) is 0 Å². The molecule has 3 N–H and O–H groups in total. The van der Waals surface area contributed by atoms with Gasteiger partial charge < -0.3 is 20.6 Å². The van der Waals surface area contributed by atoms with E-state index in [1.165, 1.54) is 6.92 Å². The summed E-state index contributed by atoms with van der Waals surface area (Å²) in [6.45, 7) is 10.6. The molecule has 0 aromatic heterocycles. The fourth-order valence-electron chi connectivity index (χ4n) is 1.07. The highest BCUT2D eigenvalue weighted by atomic mass is 16.5. The Morgan fingerprint density at radius 1 is 1.35 bits per heavy atom. The fourth-order valence-corrected chi connectivity index (χ4v) is 1.07. The number of hydrogen-bond acceptors (Lipinski definition) is 4. The summed E-state index contributed by atoms with van der Waals surface area (Å²) in [5.74, 6) is 0.123. The van der Waals surface area contributed by atoms with Gasteiger partial charge in [0.15, 0.2) is 0 Å². The molecule has 0 aromatic carbocycles. The topological polar surface area (TPSA) is 81.4 Å². The van der Waals surface area contributed by atoms with E-state index in [4.69, 9.17) is 10.5 Å². The molecule has 0 fully saturated rings. The molecule has 0 aliphatic carbocycles. The number of hydrogen-bond donors (Lipinski definition) is 2. The Balaban J connectivity index is 0. The third-order valence-corrected chi connectivity index (χ3v) is 1.95. The van der Waals surface area contributed by atoms with Crippen LogP contribution in [0.5, 0.6) is 0 Å². The lowest BCUT2D eigenvalue weighted by molar-refractivity contribution is -0.117. The lowest BCUT2D eigenvalue weighted by Gasteiger charge is -2.06. The van der Waals surface area contributed by atoms with Crippen molar-refractivity contribution in [2.45, 2.75) is 40.0 Å². The Hall–Kier alpha value is -1.62. The number of allylic oxidation sites excluding steroid dienone is 1. The number of carbonyl (C=O) groups is 2. The van der Waals surface area contributed by atoms with E-state index in [1.54, 1.807) is 0 Å². The van der Waals surface area contributed by atoms with Crippen LogP contribution >= 0.6 is 0 Å². The molecule has 1 amide bonds. The van der Waals surface area contributed by atoms with Gasteiger partial charge in [0.1, 0.15) is 12.4 Å². The van der Waals surface area contributed by atoms with Crippen molar-refractivity contribution in [3.8, 4) is 0 Å². The number of amides is 1. The minimum Gasteiger partial charge on any atom is -0.445 e. The van der Waals surface area contributed by atoms with E-state index in [0.29, 0.717) is 19.4 Å². The smallest absolute Gasteiger partial charge is 0.407 e. The molecule has 0 radical (unpaired) electrons. The molecule has 0 unspecified atom stereocenters. The number of nitrogens with one attached hydrogen (secondary N) is 1. The van der Waals surface area contributed by atoms with Crippen molar-refractivity contribution < 1.29 is 14.3 Å². The first-order chi connectivity index (χ1) is 9.47. The largest absolute Gasteiger partial charge is 0.445 e. The molecule has 0 saturated carbocycles. The molecule has 0 aromatic rings. The van der Waals surface area contributed by atoms with Crippen LogP contribution in [0.25, 0.3) is 0 Å². The summed E-state index contributed by atoms with van der Waals surface area (Å²) in [4.78, 5) is 21.8. The van der Waals surface area contributed by atoms with Gasteiger partial charge in [-0.2, -0.15) is 0 Å². The highest BCUT2D eigenvalue weighted by molar-refractivity contribution is 5.75. The van der Waals surface area contributed by atoms with Gasteiger partial charge in [-0.1, -0.05) is 32.6 Å². The molecule has 0 heterocycles. The molecule has 0 aliphatic rings. The fraction of sp³-hybridized carbons (Fsp3) is 0.600. The molecule has 0 bridgehead atoms. The SMILES string of the molecule is C=C(/C=C\CC)COC(=O)NCCCC(C)=O.CCN. The third kappa shape index (κ3) is 18.7. The predicted octanol–water partition coefficient (Wildman–Crippen LogP) is 2.57. The first kappa shape index (κ1) is 20.7. The number of nitrogens with two attached hydrogens (primary N) is 1. The van der Waals surface area contributed by atoms with Crippen molar-refractivity contribution in [3.05, 3.63) is 24.3 Å². The standard InChI is InChI=1S/C13H21NO3.C2H7N/c1-4-5-7-11(2)10-17-13(16)14-9-6-8-12(3)15;1-2-3/h5,7H,2,4,6,8-10H2,1,3H3,(H,14,16);2-3H2,1H3/b7-5-;. The van der Waals surface area contributed by atoms with E-state index in [1.807, 2.05) is 26.0 Å². The van der Waals surface area contributed by atoms with Crippen LogP contribution in [0.1, 0.15) is 40.0 Å². The summed E-state index contributed by atoms with van der Waals surface area (Å²) < 4.78 is 4.92. The van der Waals surface area contributed by atoms with Crippen LogP contribution in [-0.4, -0.2) is 31.6 Å². The van der Waals surface area contributed by atoms with Crippen LogP contribution in [0.3, 0.4) is 0 Å². The quantitative estimate of drug-likeness (QED) is 0.530. The average molecular weight is 284 g/mol. The first-order valence-corrected chi connectivity index (χ1v) is 6.92. The lowest BCUT2D eigenvalue weighted by Crippen LogP contribution is -2.26. The van der Waals surface area contributed by atoms with E-state index in [2.05, 4.69) is 11.9 Å². The molecule has 20 heavy (non-hydrogen) atoms. The second-order valence-electron chi connectivity index (χ2n) is 4.19. The molecule has 0 rings (SSSR count). The average Bonchev–Trinajstić information content (AvgIpc) is 2.39. The van der Waals surface area contributed by atoms with Gasteiger partial charge in [-0.15, -0.1) is 0 Å².